The second-order valence-electron chi connectivity index (χ2n) is 5.49. The summed E-state index contributed by atoms with van der Waals surface area (Å²) < 4.78 is 0. The van der Waals surface area contributed by atoms with E-state index >= 15 is 0 Å². The maximum absolute atomic E-state index is 12.8. The molecule has 0 aliphatic carbocycles. The Morgan fingerprint density at radius 3 is 2.38 bits per heavy atom. The zero-order valence-electron chi connectivity index (χ0n) is 12.5. The van der Waals surface area contributed by atoms with Crippen LogP contribution < -0.4 is 0 Å². The van der Waals surface area contributed by atoms with Crippen LogP contribution in [0.3, 0.4) is 0 Å². The van der Waals surface area contributed by atoms with Crippen LogP contribution in [0.2, 0.25) is 0 Å². The summed E-state index contributed by atoms with van der Waals surface area (Å²) in [7, 11) is 1.69. The highest BCUT2D eigenvalue weighted by molar-refractivity contribution is 6.09. The molecule has 1 heterocycles. The molecule has 1 saturated heterocycles. The lowest BCUT2D eigenvalue weighted by Gasteiger charge is -2.30. The van der Waals surface area contributed by atoms with E-state index in [4.69, 9.17) is 0 Å². The van der Waals surface area contributed by atoms with Gasteiger partial charge in [0.05, 0.1) is 0 Å². The minimum Gasteiger partial charge on any atom is -0.309 e. The molecule has 0 saturated carbocycles. The number of amides is 3. The molecular weight excluding hydrogens is 264 g/mol. The van der Waals surface area contributed by atoms with Crippen molar-refractivity contribution in [3.8, 4) is 0 Å². The van der Waals surface area contributed by atoms with E-state index in [1.165, 1.54) is 4.90 Å². The van der Waals surface area contributed by atoms with Gasteiger partial charge in [-0.05, 0) is 30.2 Å². The fourth-order valence-corrected chi connectivity index (χ4v) is 3.09. The Bertz CT molecular complexity index is 735. The van der Waals surface area contributed by atoms with Crippen LogP contribution in [0.5, 0.6) is 0 Å². The third-order valence-corrected chi connectivity index (χ3v) is 4.48. The van der Waals surface area contributed by atoms with Gasteiger partial charge in [-0.1, -0.05) is 42.5 Å². The molecule has 4 nitrogen and oxygen atoms in total. The molecule has 4 heteroatoms. The van der Waals surface area contributed by atoms with Crippen molar-refractivity contribution in [3.63, 3.8) is 0 Å². The highest BCUT2D eigenvalue weighted by Crippen LogP contribution is 2.39. The number of carbonyl (C=O) groups is 2. The molecule has 1 aliphatic heterocycles. The molecule has 3 amide bonds. The lowest BCUT2D eigenvalue weighted by atomic mass is 9.87. The number of nitrogens with zero attached hydrogens (tertiary/aromatic N) is 2. The third kappa shape index (κ3) is 1.68. The Hall–Kier alpha value is -2.36. The predicted molar refractivity (Wildman–Crippen MR) is 81.8 cm³/mol. The van der Waals surface area contributed by atoms with Crippen LogP contribution in [0, 0.1) is 0 Å². The van der Waals surface area contributed by atoms with Gasteiger partial charge in [0.2, 0.25) is 0 Å². The zero-order valence-corrected chi connectivity index (χ0v) is 12.5. The summed E-state index contributed by atoms with van der Waals surface area (Å²) in [6.45, 7) is 4.03. The van der Waals surface area contributed by atoms with Gasteiger partial charge >= 0.3 is 6.03 Å². The summed E-state index contributed by atoms with van der Waals surface area (Å²) in [5.74, 6) is -0.158. The van der Waals surface area contributed by atoms with E-state index in [2.05, 4.69) is 0 Å². The second kappa shape index (κ2) is 4.58. The van der Waals surface area contributed by atoms with Gasteiger partial charge in [-0.2, -0.15) is 0 Å². The Morgan fingerprint density at radius 2 is 1.71 bits per heavy atom. The summed E-state index contributed by atoms with van der Waals surface area (Å²) in [6.07, 6.45) is 0. The third-order valence-electron chi connectivity index (χ3n) is 4.48. The average molecular weight is 282 g/mol. The van der Waals surface area contributed by atoms with Gasteiger partial charge in [0.15, 0.2) is 0 Å². The van der Waals surface area contributed by atoms with E-state index in [1.807, 2.05) is 56.3 Å². The normalized spacial score (nSPS) is 22.4. The van der Waals surface area contributed by atoms with E-state index < -0.39 is 5.54 Å². The number of fused-ring (bicyclic) bond motifs is 1. The first kappa shape index (κ1) is 13.6. The molecule has 2 aromatic carbocycles. The molecule has 21 heavy (non-hydrogen) atoms. The van der Waals surface area contributed by atoms with E-state index in [1.54, 1.807) is 11.9 Å². The second-order valence-corrected chi connectivity index (χ2v) is 5.49. The highest BCUT2D eigenvalue weighted by atomic mass is 16.2. The first-order valence-electron chi connectivity index (χ1n) is 7.09. The summed E-state index contributed by atoms with van der Waals surface area (Å²) in [6, 6.07) is 13.6. The van der Waals surface area contributed by atoms with Crippen molar-refractivity contribution in [2.75, 3.05) is 13.6 Å². The number of urea groups is 1. The van der Waals surface area contributed by atoms with Crippen molar-refractivity contribution < 1.29 is 9.59 Å². The van der Waals surface area contributed by atoms with Gasteiger partial charge in [-0.3, -0.25) is 9.69 Å². The number of carbonyl (C=O) groups excluding carboxylic acids is 2. The van der Waals surface area contributed by atoms with Gasteiger partial charge in [0, 0.05) is 13.6 Å². The summed E-state index contributed by atoms with van der Waals surface area (Å²) in [5.41, 5.74) is -0.0778. The number of hydrogen-bond donors (Lipinski definition) is 0. The Morgan fingerprint density at radius 1 is 1.05 bits per heavy atom. The first-order chi connectivity index (χ1) is 10.0. The number of imide groups is 1. The van der Waals surface area contributed by atoms with Crippen molar-refractivity contribution in [1.82, 2.24) is 9.80 Å². The summed E-state index contributed by atoms with van der Waals surface area (Å²) >= 11 is 0. The minimum absolute atomic E-state index is 0.158. The molecular formula is C17H18N2O2. The monoisotopic (exact) mass is 282 g/mol. The molecule has 0 bridgehead atoms. The van der Waals surface area contributed by atoms with Gasteiger partial charge < -0.3 is 4.90 Å². The van der Waals surface area contributed by atoms with Crippen LogP contribution in [-0.4, -0.2) is 35.3 Å². The van der Waals surface area contributed by atoms with Crippen LogP contribution in [0.15, 0.2) is 42.5 Å². The molecule has 108 valence electrons. The Balaban J connectivity index is 2.26. The minimum atomic E-state index is -0.950. The largest absolute Gasteiger partial charge is 0.327 e. The molecule has 0 radical (unpaired) electrons. The van der Waals surface area contributed by atoms with E-state index in [0.717, 1.165) is 16.3 Å². The summed E-state index contributed by atoms with van der Waals surface area (Å²) in [4.78, 5) is 27.9. The molecule has 2 aromatic rings. The molecule has 0 aromatic heterocycles. The smallest absolute Gasteiger partial charge is 0.309 e. The SMILES string of the molecule is CCN1C(=O)N(C)C(C)(c2cccc3ccccc23)C1=O. The van der Waals surface area contributed by atoms with Crippen LogP contribution in [0.4, 0.5) is 4.79 Å². The fourth-order valence-electron chi connectivity index (χ4n) is 3.09. The molecule has 1 fully saturated rings. The van der Waals surface area contributed by atoms with Gasteiger partial charge in [-0.25, -0.2) is 4.79 Å². The van der Waals surface area contributed by atoms with Crippen LogP contribution in [-0.2, 0) is 10.3 Å². The standard InChI is InChI=1S/C17H18N2O2/c1-4-19-15(20)17(2,18(3)16(19)21)14-11-7-9-12-8-5-6-10-13(12)14/h5-11H,4H2,1-3H3. The molecule has 0 spiro atoms. The van der Waals surface area contributed by atoms with Crippen LogP contribution in [0.1, 0.15) is 19.4 Å². The van der Waals surface area contributed by atoms with E-state index in [9.17, 15) is 9.59 Å². The maximum atomic E-state index is 12.8. The van der Waals surface area contributed by atoms with Crippen molar-refractivity contribution in [2.45, 2.75) is 19.4 Å². The van der Waals surface area contributed by atoms with Crippen molar-refractivity contribution >= 4 is 22.7 Å². The molecule has 1 atom stereocenters. The lowest BCUT2D eigenvalue weighted by molar-refractivity contribution is -0.132. The average Bonchev–Trinajstić information content (AvgIpc) is 2.68. The number of likely N-dealkylation sites (N-methyl/N-ethyl adjacent to an activating group) is 2. The van der Waals surface area contributed by atoms with Gasteiger partial charge in [0.25, 0.3) is 5.91 Å². The zero-order chi connectivity index (χ0) is 15.2. The van der Waals surface area contributed by atoms with Crippen molar-refractivity contribution in [1.29, 1.82) is 0 Å². The van der Waals surface area contributed by atoms with E-state index in [-0.39, 0.29) is 11.9 Å². The van der Waals surface area contributed by atoms with Crippen molar-refractivity contribution in [3.05, 3.63) is 48.0 Å². The van der Waals surface area contributed by atoms with E-state index in [0.29, 0.717) is 6.54 Å². The first-order valence-corrected chi connectivity index (χ1v) is 7.09. The quantitative estimate of drug-likeness (QED) is 0.795. The van der Waals surface area contributed by atoms with Gasteiger partial charge in [0.1, 0.15) is 5.54 Å². The number of benzene rings is 2. The molecule has 1 aliphatic rings. The Kier molecular flexibility index (Phi) is 2.97. The van der Waals surface area contributed by atoms with Crippen LogP contribution >= 0.6 is 0 Å². The van der Waals surface area contributed by atoms with Crippen LogP contribution in [0.25, 0.3) is 10.8 Å². The highest BCUT2D eigenvalue weighted by Gasteiger charge is 2.53. The maximum Gasteiger partial charge on any atom is 0.327 e. The summed E-state index contributed by atoms with van der Waals surface area (Å²) in [5, 5.41) is 2.08. The fraction of sp³-hybridized carbons (Fsp3) is 0.294. The van der Waals surface area contributed by atoms with Crippen molar-refractivity contribution in [2.24, 2.45) is 0 Å². The number of hydrogen-bond acceptors (Lipinski definition) is 2. The topological polar surface area (TPSA) is 40.6 Å². The molecule has 0 N–H and O–H groups in total. The molecule has 1 unspecified atom stereocenters. The van der Waals surface area contributed by atoms with Gasteiger partial charge in [-0.15, -0.1) is 0 Å². The Labute approximate surface area is 124 Å². The predicted octanol–water partition coefficient (Wildman–Crippen LogP) is 2.97. The molecule has 3 rings (SSSR count). The lowest BCUT2D eigenvalue weighted by Crippen LogP contribution is -2.42. The number of rotatable bonds is 2.